The molecule has 0 aliphatic carbocycles. The van der Waals surface area contributed by atoms with Gasteiger partial charge in [0.15, 0.2) is 0 Å². The molecule has 1 unspecified atom stereocenters. The summed E-state index contributed by atoms with van der Waals surface area (Å²) in [6.45, 7) is 2.48. The highest BCUT2D eigenvalue weighted by Crippen LogP contribution is 2.20. The van der Waals surface area contributed by atoms with Gasteiger partial charge in [-0.05, 0) is 18.4 Å². The largest absolute Gasteiger partial charge is 0.381 e. The van der Waals surface area contributed by atoms with Gasteiger partial charge in [0.05, 0.1) is 12.7 Å². The summed E-state index contributed by atoms with van der Waals surface area (Å²) in [5.41, 5.74) is 1.34. The van der Waals surface area contributed by atoms with Crippen LogP contribution in [0.4, 0.5) is 0 Å². The van der Waals surface area contributed by atoms with Crippen molar-refractivity contribution in [3.8, 4) is 0 Å². The summed E-state index contributed by atoms with van der Waals surface area (Å²) in [6.07, 6.45) is 2.45. The number of benzene rings is 1. The molecular formula is C14H19BrO2. The summed E-state index contributed by atoms with van der Waals surface area (Å²) in [5.74, 6) is 0.444. The van der Waals surface area contributed by atoms with Gasteiger partial charge in [0.25, 0.3) is 0 Å². The molecule has 1 aliphatic heterocycles. The molecule has 0 saturated carbocycles. The predicted octanol–water partition coefficient (Wildman–Crippen LogP) is 3.36. The molecule has 0 radical (unpaired) electrons. The van der Waals surface area contributed by atoms with Gasteiger partial charge in [-0.25, -0.2) is 0 Å². The molecular weight excluding hydrogens is 280 g/mol. The maximum absolute atomic E-state index is 5.98. The molecule has 94 valence electrons. The number of ether oxygens (including phenoxy) is 2. The summed E-state index contributed by atoms with van der Waals surface area (Å²) in [5, 5.41) is 0.945. The molecule has 2 rings (SSSR count). The van der Waals surface area contributed by atoms with Crippen LogP contribution < -0.4 is 0 Å². The lowest BCUT2D eigenvalue weighted by Gasteiger charge is -2.24. The Morgan fingerprint density at radius 3 is 2.59 bits per heavy atom. The fourth-order valence-corrected chi connectivity index (χ4v) is 2.61. The highest BCUT2D eigenvalue weighted by atomic mass is 79.9. The Morgan fingerprint density at radius 2 is 1.94 bits per heavy atom. The van der Waals surface area contributed by atoms with E-state index in [1.165, 1.54) is 5.56 Å². The smallest absolute Gasteiger partial charge is 0.0619 e. The number of halogens is 1. The summed E-state index contributed by atoms with van der Waals surface area (Å²) in [4.78, 5) is 0. The summed E-state index contributed by atoms with van der Waals surface area (Å²) in [6, 6.07) is 10.5. The predicted molar refractivity (Wildman–Crippen MR) is 72.8 cm³/mol. The van der Waals surface area contributed by atoms with Crippen molar-refractivity contribution in [1.29, 1.82) is 0 Å². The van der Waals surface area contributed by atoms with Crippen LogP contribution in [0.15, 0.2) is 30.3 Å². The zero-order chi connectivity index (χ0) is 11.9. The second-order valence-corrected chi connectivity index (χ2v) is 5.05. The summed E-state index contributed by atoms with van der Waals surface area (Å²) >= 11 is 3.57. The van der Waals surface area contributed by atoms with Crippen LogP contribution in [0.1, 0.15) is 24.3 Å². The SMILES string of the molecule is BrCC(COC1CCOCC1)c1ccccc1. The average molecular weight is 299 g/mol. The topological polar surface area (TPSA) is 18.5 Å². The molecule has 2 nitrogen and oxygen atoms in total. The Bertz CT molecular complexity index is 309. The Balaban J connectivity index is 1.83. The van der Waals surface area contributed by atoms with Crippen LogP contribution in [-0.2, 0) is 9.47 Å². The van der Waals surface area contributed by atoms with Crippen molar-refractivity contribution < 1.29 is 9.47 Å². The average Bonchev–Trinajstić information content (AvgIpc) is 2.42. The minimum atomic E-state index is 0.383. The van der Waals surface area contributed by atoms with Crippen molar-refractivity contribution in [2.24, 2.45) is 0 Å². The third-order valence-corrected chi connectivity index (χ3v) is 3.94. The summed E-state index contributed by atoms with van der Waals surface area (Å²) in [7, 11) is 0. The third kappa shape index (κ3) is 4.09. The van der Waals surface area contributed by atoms with Gasteiger partial charge in [-0.15, -0.1) is 0 Å². The zero-order valence-electron chi connectivity index (χ0n) is 9.98. The first-order valence-corrected chi connectivity index (χ1v) is 7.32. The number of alkyl halides is 1. The van der Waals surface area contributed by atoms with Gasteiger partial charge in [-0.1, -0.05) is 46.3 Å². The van der Waals surface area contributed by atoms with E-state index in [9.17, 15) is 0 Å². The Kier molecular flexibility index (Phi) is 5.49. The molecule has 0 bridgehead atoms. The lowest BCUT2D eigenvalue weighted by molar-refractivity contribution is -0.0347. The maximum atomic E-state index is 5.98. The molecule has 0 spiro atoms. The molecule has 17 heavy (non-hydrogen) atoms. The standard InChI is InChI=1S/C14H19BrO2/c15-10-13(12-4-2-1-3-5-12)11-17-14-6-8-16-9-7-14/h1-5,13-14H,6-11H2. The number of hydrogen-bond acceptors (Lipinski definition) is 2. The Hall–Kier alpha value is -0.380. The number of hydrogen-bond donors (Lipinski definition) is 0. The highest BCUT2D eigenvalue weighted by Gasteiger charge is 2.17. The van der Waals surface area contributed by atoms with Gasteiger partial charge < -0.3 is 9.47 Å². The van der Waals surface area contributed by atoms with E-state index >= 15 is 0 Å². The molecule has 0 amide bonds. The van der Waals surface area contributed by atoms with E-state index < -0.39 is 0 Å². The van der Waals surface area contributed by atoms with Crippen molar-refractivity contribution in [1.82, 2.24) is 0 Å². The van der Waals surface area contributed by atoms with E-state index in [0.717, 1.165) is 38.0 Å². The minimum Gasteiger partial charge on any atom is -0.381 e. The molecule has 1 aliphatic rings. The number of rotatable bonds is 5. The van der Waals surface area contributed by atoms with Gasteiger partial charge in [-0.3, -0.25) is 0 Å². The van der Waals surface area contributed by atoms with Crippen molar-refractivity contribution in [3.05, 3.63) is 35.9 Å². The van der Waals surface area contributed by atoms with Crippen LogP contribution >= 0.6 is 15.9 Å². The zero-order valence-corrected chi connectivity index (χ0v) is 11.6. The first-order valence-electron chi connectivity index (χ1n) is 6.20. The third-order valence-electron chi connectivity index (χ3n) is 3.16. The van der Waals surface area contributed by atoms with Crippen molar-refractivity contribution >= 4 is 15.9 Å². The van der Waals surface area contributed by atoms with E-state index in [1.54, 1.807) is 0 Å². The molecule has 1 aromatic carbocycles. The van der Waals surface area contributed by atoms with E-state index in [1.807, 2.05) is 6.07 Å². The van der Waals surface area contributed by atoms with Crippen molar-refractivity contribution in [2.45, 2.75) is 24.9 Å². The van der Waals surface area contributed by atoms with Crippen LogP contribution in [0.3, 0.4) is 0 Å². The normalized spacial score (nSPS) is 19.1. The van der Waals surface area contributed by atoms with E-state index in [2.05, 4.69) is 40.2 Å². The van der Waals surface area contributed by atoms with Gasteiger partial charge in [0, 0.05) is 24.5 Å². The fourth-order valence-electron chi connectivity index (χ4n) is 2.05. The van der Waals surface area contributed by atoms with Crippen LogP contribution in [0.5, 0.6) is 0 Å². The van der Waals surface area contributed by atoms with Crippen molar-refractivity contribution in [2.75, 3.05) is 25.2 Å². The van der Waals surface area contributed by atoms with Crippen molar-refractivity contribution in [3.63, 3.8) is 0 Å². The second kappa shape index (κ2) is 7.14. The van der Waals surface area contributed by atoms with Crippen LogP contribution in [0.2, 0.25) is 0 Å². The van der Waals surface area contributed by atoms with Gasteiger partial charge >= 0.3 is 0 Å². The molecule has 1 fully saturated rings. The van der Waals surface area contributed by atoms with E-state index in [0.29, 0.717) is 12.0 Å². The summed E-state index contributed by atoms with van der Waals surface area (Å²) < 4.78 is 11.3. The monoisotopic (exact) mass is 298 g/mol. The lowest BCUT2D eigenvalue weighted by atomic mass is 10.0. The first-order chi connectivity index (χ1) is 8.40. The molecule has 1 atom stereocenters. The lowest BCUT2D eigenvalue weighted by Crippen LogP contribution is -2.25. The Labute approximate surface area is 111 Å². The minimum absolute atomic E-state index is 0.383. The quantitative estimate of drug-likeness (QED) is 0.776. The maximum Gasteiger partial charge on any atom is 0.0619 e. The van der Waals surface area contributed by atoms with Gasteiger partial charge in [0.2, 0.25) is 0 Å². The molecule has 0 aromatic heterocycles. The molecule has 1 saturated heterocycles. The molecule has 1 aromatic rings. The second-order valence-electron chi connectivity index (χ2n) is 4.41. The Morgan fingerprint density at radius 1 is 1.24 bits per heavy atom. The first kappa shape index (κ1) is 13.1. The van der Waals surface area contributed by atoms with Gasteiger partial charge in [0.1, 0.15) is 0 Å². The van der Waals surface area contributed by atoms with E-state index in [4.69, 9.17) is 9.47 Å². The van der Waals surface area contributed by atoms with Crippen LogP contribution in [0.25, 0.3) is 0 Å². The van der Waals surface area contributed by atoms with Crippen LogP contribution in [-0.4, -0.2) is 31.3 Å². The van der Waals surface area contributed by atoms with Gasteiger partial charge in [-0.2, -0.15) is 0 Å². The molecule has 0 N–H and O–H groups in total. The molecule has 1 heterocycles. The van der Waals surface area contributed by atoms with E-state index in [-0.39, 0.29) is 0 Å². The molecule has 3 heteroatoms. The highest BCUT2D eigenvalue weighted by molar-refractivity contribution is 9.09. The van der Waals surface area contributed by atoms with Crippen LogP contribution in [0, 0.1) is 0 Å². The fraction of sp³-hybridized carbons (Fsp3) is 0.571.